The van der Waals surface area contributed by atoms with Crippen LogP contribution in [0.2, 0.25) is 0 Å². The second kappa shape index (κ2) is 5.06. The zero-order chi connectivity index (χ0) is 12.4. The van der Waals surface area contributed by atoms with Gasteiger partial charge in [0.1, 0.15) is 6.33 Å². The van der Waals surface area contributed by atoms with Gasteiger partial charge < -0.3 is 5.73 Å². The van der Waals surface area contributed by atoms with Gasteiger partial charge in [-0.15, -0.1) is 11.3 Å². The molecule has 94 valence electrons. The predicted octanol–water partition coefficient (Wildman–Crippen LogP) is 3.84. The summed E-state index contributed by atoms with van der Waals surface area (Å²) in [5.74, 6) is 0.664. The Balaban J connectivity index is 1.99. The van der Waals surface area contributed by atoms with E-state index in [1.807, 2.05) is 6.07 Å². The van der Waals surface area contributed by atoms with Crippen LogP contribution in [0.5, 0.6) is 0 Å². The maximum absolute atomic E-state index is 6.00. The Kier molecular flexibility index (Phi) is 3.28. The van der Waals surface area contributed by atoms with Gasteiger partial charge in [-0.1, -0.05) is 19.3 Å². The summed E-state index contributed by atoms with van der Waals surface area (Å²) in [5, 5.41) is 0.893. The van der Waals surface area contributed by atoms with E-state index >= 15 is 0 Å². The van der Waals surface area contributed by atoms with Gasteiger partial charge in [-0.2, -0.15) is 0 Å². The smallest absolute Gasteiger partial charge is 0.116 e. The molecule has 0 aliphatic heterocycles. The zero-order valence-electron chi connectivity index (χ0n) is 10.3. The summed E-state index contributed by atoms with van der Waals surface area (Å²) in [6.07, 6.45) is 10.0. The van der Waals surface area contributed by atoms with Crippen LogP contribution < -0.4 is 5.73 Å². The molecule has 0 unspecified atom stereocenters. The molecule has 2 N–H and O–H groups in total. The fourth-order valence-corrected chi connectivity index (χ4v) is 3.76. The molecule has 1 saturated carbocycles. The molecule has 2 aromatic rings. The van der Waals surface area contributed by atoms with E-state index in [2.05, 4.69) is 16.0 Å². The average Bonchev–Trinajstić information content (AvgIpc) is 2.83. The van der Waals surface area contributed by atoms with Crippen LogP contribution in [0.25, 0.3) is 10.6 Å². The number of nitrogen functional groups attached to an aromatic ring is 1. The minimum Gasteiger partial charge on any atom is -0.391 e. The van der Waals surface area contributed by atoms with Crippen LogP contribution in [0, 0.1) is 0 Å². The average molecular weight is 259 g/mol. The molecule has 1 fully saturated rings. The predicted molar refractivity (Wildman–Crippen MR) is 75.6 cm³/mol. The van der Waals surface area contributed by atoms with Crippen molar-refractivity contribution in [3.8, 4) is 10.6 Å². The van der Waals surface area contributed by atoms with Gasteiger partial charge in [0.25, 0.3) is 0 Å². The Morgan fingerprint density at radius 1 is 1.22 bits per heavy atom. The summed E-state index contributed by atoms with van der Waals surface area (Å²) in [6.45, 7) is 0. The van der Waals surface area contributed by atoms with Crippen LogP contribution in [0.15, 0.2) is 24.7 Å². The molecule has 1 aliphatic rings. The van der Waals surface area contributed by atoms with E-state index in [9.17, 15) is 0 Å². The van der Waals surface area contributed by atoms with Crippen molar-refractivity contribution in [2.24, 2.45) is 0 Å². The molecule has 2 aromatic heterocycles. The molecule has 4 heteroatoms. The molecule has 3 nitrogen and oxygen atoms in total. The summed E-state index contributed by atoms with van der Waals surface area (Å²) >= 11 is 1.65. The van der Waals surface area contributed by atoms with E-state index < -0.39 is 0 Å². The molecular formula is C14H17N3S. The Bertz CT molecular complexity index is 515. The van der Waals surface area contributed by atoms with Crippen molar-refractivity contribution in [1.82, 2.24) is 9.97 Å². The fourth-order valence-electron chi connectivity index (χ4n) is 2.77. The minimum atomic E-state index is 0.664. The highest BCUT2D eigenvalue weighted by molar-refractivity contribution is 7.19. The molecule has 2 heterocycles. The number of thiophene rings is 1. The highest BCUT2D eigenvalue weighted by Crippen LogP contribution is 2.42. The first-order valence-electron chi connectivity index (χ1n) is 6.50. The van der Waals surface area contributed by atoms with Gasteiger partial charge in [0.2, 0.25) is 0 Å². The normalized spacial score (nSPS) is 16.9. The van der Waals surface area contributed by atoms with Crippen molar-refractivity contribution in [1.29, 1.82) is 0 Å². The van der Waals surface area contributed by atoms with E-state index in [1.165, 1.54) is 42.5 Å². The van der Waals surface area contributed by atoms with E-state index in [1.54, 1.807) is 23.9 Å². The number of rotatable bonds is 2. The highest BCUT2D eigenvalue weighted by Gasteiger charge is 2.21. The van der Waals surface area contributed by atoms with Crippen molar-refractivity contribution >= 4 is 16.3 Å². The number of nitrogens with zero attached hydrogens (tertiary/aromatic N) is 2. The second-order valence-electron chi connectivity index (χ2n) is 4.86. The third kappa shape index (κ3) is 2.25. The van der Waals surface area contributed by atoms with Crippen LogP contribution in [-0.4, -0.2) is 9.97 Å². The fraction of sp³-hybridized carbons (Fsp3) is 0.429. The molecule has 1 aliphatic carbocycles. The van der Waals surface area contributed by atoms with Gasteiger partial charge in [0.15, 0.2) is 0 Å². The maximum Gasteiger partial charge on any atom is 0.116 e. The van der Waals surface area contributed by atoms with Gasteiger partial charge in [0.05, 0.1) is 15.6 Å². The van der Waals surface area contributed by atoms with Crippen molar-refractivity contribution < 1.29 is 0 Å². The lowest BCUT2D eigenvalue weighted by molar-refractivity contribution is 0.445. The van der Waals surface area contributed by atoms with E-state index in [0.29, 0.717) is 5.92 Å². The monoisotopic (exact) mass is 259 g/mol. The van der Waals surface area contributed by atoms with E-state index in [4.69, 9.17) is 5.73 Å². The molecule has 0 bridgehead atoms. The van der Waals surface area contributed by atoms with Crippen LogP contribution in [0.1, 0.15) is 43.6 Å². The van der Waals surface area contributed by atoms with Crippen LogP contribution in [0.4, 0.5) is 5.00 Å². The lowest BCUT2D eigenvalue weighted by Crippen LogP contribution is -2.04. The topological polar surface area (TPSA) is 51.8 Å². The van der Waals surface area contributed by atoms with Crippen molar-refractivity contribution in [2.75, 3.05) is 5.73 Å². The molecule has 0 atom stereocenters. The first-order chi connectivity index (χ1) is 8.84. The highest BCUT2D eigenvalue weighted by atomic mass is 32.1. The minimum absolute atomic E-state index is 0.664. The molecule has 0 radical (unpaired) electrons. The Morgan fingerprint density at radius 3 is 2.78 bits per heavy atom. The summed E-state index contributed by atoms with van der Waals surface area (Å²) in [6, 6.07) is 4.12. The van der Waals surface area contributed by atoms with Gasteiger partial charge in [-0.3, -0.25) is 0 Å². The largest absolute Gasteiger partial charge is 0.391 e. The summed E-state index contributed by atoms with van der Waals surface area (Å²) in [4.78, 5) is 9.58. The summed E-state index contributed by atoms with van der Waals surface area (Å²) < 4.78 is 0. The van der Waals surface area contributed by atoms with Crippen molar-refractivity contribution in [3.05, 3.63) is 30.2 Å². The zero-order valence-corrected chi connectivity index (χ0v) is 11.1. The van der Waals surface area contributed by atoms with Crippen molar-refractivity contribution in [3.63, 3.8) is 0 Å². The number of anilines is 1. The lowest BCUT2D eigenvalue weighted by atomic mass is 9.84. The Hall–Kier alpha value is -1.42. The first kappa shape index (κ1) is 11.7. The van der Waals surface area contributed by atoms with Crippen LogP contribution in [0.3, 0.4) is 0 Å². The molecular weight excluding hydrogens is 242 g/mol. The second-order valence-corrected chi connectivity index (χ2v) is 5.95. The molecule has 0 saturated heterocycles. The third-order valence-electron chi connectivity index (χ3n) is 3.64. The van der Waals surface area contributed by atoms with Gasteiger partial charge in [0, 0.05) is 6.20 Å². The van der Waals surface area contributed by atoms with Crippen LogP contribution in [-0.2, 0) is 0 Å². The van der Waals surface area contributed by atoms with Crippen molar-refractivity contribution in [2.45, 2.75) is 38.0 Å². The standard InChI is InChI=1S/C14H17N3S/c15-13-8-11(10-4-2-1-3-5-10)14(18-13)12-6-7-16-9-17-12/h6-10H,1-5,15H2. The van der Waals surface area contributed by atoms with Gasteiger partial charge >= 0.3 is 0 Å². The Labute approximate surface area is 111 Å². The van der Waals surface area contributed by atoms with Gasteiger partial charge in [-0.25, -0.2) is 9.97 Å². The molecule has 0 spiro atoms. The quantitative estimate of drug-likeness (QED) is 0.891. The number of hydrogen-bond donors (Lipinski definition) is 1. The molecule has 0 amide bonds. The third-order valence-corrected chi connectivity index (χ3v) is 4.64. The number of hydrogen-bond acceptors (Lipinski definition) is 4. The Morgan fingerprint density at radius 2 is 2.06 bits per heavy atom. The molecule has 18 heavy (non-hydrogen) atoms. The molecule has 0 aromatic carbocycles. The van der Waals surface area contributed by atoms with Crippen LogP contribution >= 0.6 is 11.3 Å². The summed E-state index contributed by atoms with van der Waals surface area (Å²) in [7, 11) is 0. The van der Waals surface area contributed by atoms with Gasteiger partial charge in [-0.05, 0) is 36.5 Å². The number of aromatic nitrogens is 2. The maximum atomic E-state index is 6.00. The summed E-state index contributed by atoms with van der Waals surface area (Å²) in [5.41, 5.74) is 8.40. The lowest BCUT2D eigenvalue weighted by Gasteiger charge is -2.21. The van der Waals surface area contributed by atoms with E-state index in [0.717, 1.165) is 10.7 Å². The molecule has 3 rings (SSSR count). The van der Waals surface area contributed by atoms with E-state index in [-0.39, 0.29) is 0 Å². The number of nitrogens with two attached hydrogens (primary N) is 1. The SMILES string of the molecule is Nc1cc(C2CCCCC2)c(-c2ccncn2)s1. The first-order valence-corrected chi connectivity index (χ1v) is 7.32.